The van der Waals surface area contributed by atoms with E-state index >= 15 is 0 Å². The molecule has 3 heteroatoms. The maximum atomic E-state index is 13.0. The minimum atomic E-state index is 0. The van der Waals surface area contributed by atoms with E-state index in [9.17, 15) is 5.11 Å². The number of hydrogen-bond donors (Lipinski definition) is 0. The van der Waals surface area contributed by atoms with Gasteiger partial charge >= 0.3 is 10.1 Å². The van der Waals surface area contributed by atoms with Crippen LogP contribution < -0.4 is 10.1 Å². The van der Waals surface area contributed by atoms with Gasteiger partial charge in [-0.15, -0.1) is 0 Å². The molecule has 164 valence electrons. The van der Waals surface area contributed by atoms with Crippen LogP contribution in [0.5, 0.6) is 5.75 Å². The van der Waals surface area contributed by atoms with Gasteiger partial charge in [0.25, 0.3) is 0 Å². The van der Waals surface area contributed by atoms with E-state index in [0.717, 1.165) is 32.8 Å². The van der Waals surface area contributed by atoms with Crippen LogP contribution in [0.15, 0.2) is 121 Å². The van der Waals surface area contributed by atoms with Crippen LogP contribution in [0.2, 0.25) is 0 Å². The molecule has 1 N–H and O–H groups in total. The minimum Gasteiger partial charge on any atom is -0.872 e. The van der Waals surface area contributed by atoms with E-state index in [1.807, 2.05) is 24.4 Å². The third-order valence-corrected chi connectivity index (χ3v) is 7.07. The summed E-state index contributed by atoms with van der Waals surface area (Å²) in [6.07, 6.45) is 1.88. The fraction of sp³-hybridized carbons (Fsp3) is 0. The Morgan fingerprint density at radius 2 is 1.03 bits per heavy atom. The van der Waals surface area contributed by atoms with Crippen LogP contribution in [-0.4, -0.2) is 10.1 Å². The van der Waals surface area contributed by atoms with Gasteiger partial charge in [0, 0.05) is 16.8 Å². The van der Waals surface area contributed by atoms with Gasteiger partial charge < -0.3 is 5.11 Å². The average Bonchev–Trinajstić information content (AvgIpc) is 2.92. The maximum absolute atomic E-state index is 13.0. The van der Waals surface area contributed by atoms with E-state index < -0.39 is 0 Å². The molecule has 6 aromatic carbocycles. The van der Waals surface area contributed by atoms with Crippen LogP contribution in [0.3, 0.4) is 0 Å². The molecule has 0 aliphatic heterocycles. The Kier molecular flexibility index (Phi) is 5.25. The second-order valence-corrected chi connectivity index (χ2v) is 8.97. The number of pyridine rings is 1. The van der Waals surface area contributed by atoms with Crippen molar-refractivity contribution in [3.63, 3.8) is 0 Å². The fourth-order valence-corrected chi connectivity index (χ4v) is 5.47. The molecule has 36 heavy (non-hydrogen) atoms. The Bertz CT molecular complexity index is 1920. The van der Waals surface area contributed by atoms with E-state index in [1.54, 1.807) is 6.07 Å². The predicted octanol–water partition coefficient (Wildman–Crippen LogP) is 7.14. The number of aromatic amines is 1. The average molecular weight is 457 g/mol. The van der Waals surface area contributed by atoms with Crippen molar-refractivity contribution >= 4 is 53.3 Å². The number of benzene rings is 6. The fourth-order valence-electron chi connectivity index (χ4n) is 5.47. The quantitative estimate of drug-likeness (QED) is 0.201. The van der Waals surface area contributed by atoms with E-state index in [4.69, 9.17) is 0 Å². The summed E-state index contributed by atoms with van der Waals surface area (Å²) in [5, 5.41) is 20.6. The topological polar surface area (TPSA) is 37.2 Å². The van der Waals surface area contributed by atoms with Crippen LogP contribution in [0.1, 0.15) is 0 Å². The zero-order chi connectivity index (χ0) is 23.4. The largest absolute Gasteiger partial charge is 2.00 e. The first kappa shape index (κ1) is 22.0. The number of nitrogens with one attached hydrogen (secondary N) is 1. The van der Waals surface area contributed by atoms with Gasteiger partial charge in [-0.05, 0) is 61.3 Å². The summed E-state index contributed by atoms with van der Waals surface area (Å²) in [5.41, 5.74) is 5.52. The van der Waals surface area contributed by atoms with Crippen molar-refractivity contribution in [3.05, 3.63) is 121 Å². The molecule has 0 fully saturated rings. The molecule has 0 aliphatic carbocycles. The van der Waals surface area contributed by atoms with Crippen LogP contribution in [0.25, 0.3) is 65.5 Å². The Morgan fingerprint density at radius 3 is 1.81 bits per heavy atom. The Morgan fingerprint density at radius 1 is 0.444 bits per heavy atom. The smallest absolute Gasteiger partial charge is 0.872 e. The molecule has 1 aromatic heterocycles. The standard InChI is InChI=1S/C33H21NO.Be/c35-31-19-18-29(30-15-14-22-9-6-20-34-33(22)32(30)31)28-17-16-27(25-11-3-4-12-26(25)28)24-13-5-8-21-7-1-2-10-23(21)24;/h1-20,35H;/q;+2. The zero-order valence-corrected chi connectivity index (χ0v) is 19.7. The van der Waals surface area contributed by atoms with Gasteiger partial charge in [0.05, 0.1) is 0 Å². The number of aromatic nitrogens is 1. The van der Waals surface area contributed by atoms with Crippen molar-refractivity contribution in [1.29, 1.82) is 0 Å². The van der Waals surface area contributed by atoms with E-state index in [1.165, 1.54) is 32.7 Å². The van der Waals surface area contributed by atoms with Crippen molar-refractivity contribution in [3.8, 4) is 28.0 Å². The summed E-state index contributed by atoms with van der Waals surface area (Å²) in [6, 6.07) is 39.9. The molecule has 0 spiro atoms. The molecule has 0 saturated heterocycles. The first-order valence-electron chi connectivity index (χ1n) is 11.8. The Hall–Kier alpha value is -4.52. The van der Waals surface area contributed by atoms with E-state index in [-0.39, 0.29) is 15.9 Å². The van der Waals surface area contributed by atoms with Crippen LogP contribution in [0.4, 0.5) is 0 Å². The second-order valence-electron chi connectivity index (χ2n) is 8.97. The van der Waals surface area contributed by atoms with Gasteiger partial charge in [-0.3, -0.25) is 0 Å². The Labute approximate surface area is 212 Å². The third kappa shape index (κ3) is 3.27. The number of fused-ring (bicyclic) bond motifs is 5. The molecule has 0 saturated carbocycles. The predicted molar refractivity (Wildman–Crippen MR) is 149 cm³/mol. The first-order valence-corrected chi connectivity index (χ1v) is 11.8. The molecule has 0 bridgehead atoms. The molecule has 7 rings (SSSR count). The molecule has 0 atom stereocenters. The van der Waals surface area contributed by atoms with Crippen LogP contribution in [0, 0.1) is 0 Å². The van der Waals surface area contributed by atoms with Crippen molar-refractivity contribution in [1.82, 2.24) is 0 Å². The molecule has 0 amide bonds. The van der Waals surface area contributed by atoms with Gasteiger partial charge in [0.15, 0.2) is 6.20 Å². The van der Waals surface area contributed by atoms with Crippen LogP contribution in [-0.2, 0) is 0 Å². The van der Waals surface area contributed by atoms with Gasteiger partial charge in [-0.2, -0.15) is 0 Å². The molecular weight excluding hydrogens is 435 g/mol. The molecule has 0 aliphatic rings. The Balaban J connectivity index is 0.00000240. The van der Waals surface area contributed by atoms with Gasteiger partial charge in [-0.1, -0.05) is 103 Å². The molecule has 1 heterocycles. The zero-order valence-electron chi connectivity index (χ0n) is 19.7. The van der Waals surface area contributed by atoms with Crippen molar-refractivity contribution in [2.45, 2.75) is 0 Å². The van der Waals surface area contributed by atoms with Crippen molar-refractivity contribution < 1.29 is 10.1 Å². The van der Waals surface area contributed by atoms with Crippen LogP contribution >= 0.6 is 0 Å². The monoisotopic (exact) mass is 456 g/mol. The summed E-state index contributed by atoms with van der Waals surface area (Å²) in [4.78, 5) is 3.30. The number of rotatable bonds is 2. The maximum Gasteiger partial charge on any atom is 2.00 e. The van der Waals surface area contributed by atoms with Crippen molar-refractivity contribution in [2.24, 2.45) is 0 Å². The summed E-state index contributed by atoms with van der Waals surface area (Å²) in [6.45, 7) is 0. The summed E-state index contributed by atoms with van der Waals surface area (Å²) in [5.74, 6) is 0.0356. The number of hydrogen-bond acceptors (Lipinski definition) is 1. The third-order valence-electron chi connectivity index (χ3n) is 7.07. The molecule has 2 nitrogen and oxygen atoms in total. The molecular formula is C33H21BeNO+2. The summed E-state index contributed by atoms with van der Waals surface area (Å²) in [7, 11) is 0. The normalized spacial score (nSPS) is 11.2. The van der Waals surface area contributed by atoms with Gasteiger partial charge in [0.1, 0.15) is 0 Å². The van der Waals surface area contributed by atoms with Gasteiger partial charge in [-0.25, -0.2) is 4.98 Å². The number of H-pyrrole nitrogens is 1. The first-order chi connectivity index (χ1) is 17.3. The van der Waals surface area contributed by atoms with E-state index in [0.29, 0.717) is 0 Å². The SMILES string of the molecule is [Be+2].[O-]c1ccc(-c2ccc(-c3cccc4ccccc34)c3ccccc23)c2ccc3ccc[nH+]c3c12. The molecule has 0 unspecified atom stereocenters. The summed E-state index contributed by atoms with van der Waals surface area (Å²) < 4.78 is 0. The van der Waals surface area contributed by atoms with Gasteiger partial charge in [0.2, 0.25) is 5.52 Å². The second kappa shape index (κ2) is 8.61. The summed E-state index contributed by atoms with van der Waals surface area (Å²) >= 11 is 0. The molecule has 7 aromatic rings. The minimum absolute atomic E-state index is 0. The van der Waals surface area contributed by atoms with E-state index in [2.05, 4.69) is 96.0 Å². The van der Waals surface area contributed by atoms with Crippen molar-refractivity contribution in [2.75, 3.05) is 0 Å². The molecule has 0 radical (unpaired) electrons.